The molecule has 2 aromatic heterocycles. The van der Waals surface area contributed by atoms with E-state index in [-0.39, 0.29) is 36.0 Å². The zero-order chi connectivity index (χ0) is 24.8. The van der Waals surface area contributed by atoms with Crippen LogP contribution in [0.1, 0.15) is 24.1 Å². The lowest BCUT2D eigenvalue weighted by molar-refractivity contribution is -0.140. The zero-order valence-corrected chi connectivity index (χ0v) is 19.0. The molecule has 13 heteroatoms. The number of hydrogen-bond acceptors (Lipinski definition) is 7. The molecule has 1 fully saturated rings. The number of pyridine rings is 1. The van der Waals surface area contributed by atoms with Gasteiger partial charge in [-0.05, 0) is 19.1 Å². The van der Waals surface area contributed by atoms with Gasteiger partial charge < -0.3 is 10.2 Å². The molecule has 8 nitrogen and oxygen atoms in total. The van der Waals surface area contributed by atoms with Gasteiger partial charge >= 0.3 is 11.9 Å². The molecule has 0 bridgehead atoms. The molecular formula is C21H21F4N5O3S. The molecule has 34 heavy (non-hydrogen) atoms. The summed E-state index contributed by atoms with van der Waals surface area (Å²) in [5.74, 6) is -0.927. The van der Waals surface area contributed by atoms with Crippen LogP contribution in [0.5, 0.6) is 0 Å². The van der Waals surface area contributed by atoms with Crippen molar-refractivity contribution in [3.63, 3.8) is 0 Å². The maximum absolute atomic E-state index is 14.6. The normalized spacial score (nSPS) is 17.1. The second-order valence-corrected chi connectivity index (χ2v) is 10.4. The standard InChI is InChI=1S/C21H21F4N5O3S/c1-12(13-4-3-5-15(18(13)22)21(23,24)25)27-19-14-10-17(30-6-8-34(32,33)9-7-30)26-11-16(14)29(2)20(31)28-19/h3-5,10-12H,6-9H2,1-2H3,(H,27,28,31)/t12-/m1/s1. The number of nitrogens with zero attached hydrogens (tertiary/aromatic N) is 4. The Morgan fingerprint density at radius 3 is 2.50 bits per heavy atom. The van der Waals surface area contributed by atoms with Crippen LogP contribution in [0.4, 0.5) is 29.2 Å². The topological polar surface area (TPSA) is 97.2 Å². The van der Waals surface area contributed by atoms with Crippen molar-refractivity contribution in [2.24, 2.45) is 7.05 Å². The third-order valence-electron chi connectivity index (χ3n) is 5.80. The van der Waals surface area contributed by atoms with Crippen LogP contribution in [0, 0.1) is 5.82 Å². The molecule has 0 spiro atoms. The Morgan fingerprint density at radius 2 is 1.85 bits per heavy atom. The summed E-state index contributed by atoms with van der Waals surface area (Å²) in [5, 5.41) is 3.29. The molecule has 1 N–H and O–H groups in total. The highest BCUT2D eigenvalue weighted by molar-refractivity contribution is 7.91. The number of sulfone groups is 1. The van der Waals surface area contributed by atoms with Gasteiger partial charge in [0.05, 0.1) is 34.8 Å². The largest absolute Gasteiger partial charge is 0.419 e. The van der Waals surface area contributed by atoms with Crippen molar-refractivity contribution in [2.75, 3.05) is 34.8 Å². The maximum Gasteiger partial charge on any atom is 0.419 e. The number of halogens is 4. The summed E-state index contributed by atoms with van der Waals surface area (Å²) < 4.78 is 78.8. The Morgan fingerprint density at radius 1 is 1.18 bits per heavy atom. The molecule has 3 aromatic rings. The predicted octanol–water partition coefficient (Wildman–Crippen LogP) is 2.89. The van der Waals surface area contributed by atoms with Crippen LogP contribution < -0.4 is 15.9 Å². The number of aryl methyl sites for hydroxylation is 1. The Hall–Kier alpha value is -3.22. The summed E-state index contributed by atoms with van der Waals surface area (Å²) in [7, 11) is -1.61. The minimum Gasteiger partial charge on any atom is -0.363 e. The summed E-state index contributed by atoms with van der Waals surface area (Å²) in [6.45, 7) is 1.95. The monoisotopic (exact) mass is 499 g/mol. The lowest BCUT2D eigenvalue weighted by atomic mass is 10.0. The lowest BCUT2D eigenvalue weighted by Gasteiger charge is -2.28. The van der Waals surface area contributed by atoms with Gasteiger partial charge in [-0.3, -0.25) is 4.57 Å². The molecular weight excluding hydrogens is 478 g/mol. The summed E-state index contributed by atoms with van der Waals surface area (Å²) in [6.07, 6.45) is -3.41. The molecule has 4 rings (SSSR count). The fourth-order valence-corrected chi connectivity index (χ4v) is 5.04. The number of nitrogens with one attached hydrogen (secondary N) is 1. The maximum atomic E-state index is 14.6. The van der Waals surface area contributed by atoms with Crippen molar-refractivity contribution in [1.29, 1.82) is 0 Å². The summed E-state index contributed by atoms with van der Waals surface area (Å²) >= 11 is 0. The van der Waals surface area contributed by atoms with Crippen LogP contribution in [0.15, 0.2) is 35.3 Å². The van der Waals surface area contributed by atoms with E-state index >= 15 is 0 Å². The predicted molar refractivity (Wildman–Crippen MR) is 119 cm³/mol. The third kappa shape index (κ3) is 4.56. The first-order valence-electron chi connectivity index (χ1n) is 10.3. The van der Waals surface area contributed by atoms with Gasteiger partial charge in [-0.25, -0.2) is 22.6 Å². The van der Waals surface area contributed by atoms with Crippen molar-refractivity contribution in [3.05, 3.63) is 57.9 Å². The Balaban J connectivity index is 1.74. The third-order valence-corrected chi connectivity index (χ3v) is 7.41. The Kier molecular flexibility index (Phi) is 6.00. The fraction of sp³-hybridized carbons (Fsp3) is 0.381. The van der Waals surface area contributed by atoms with Crippen LogP contribution >= 0.6 is 0 Å². The molecule has 0 radical (unpaired) electrons. The van der Waals surface area contributed by atoms with E-state index in [9.17, 15) is 30.8 Å². The van der Waals surface area contributed by atoms with Crippen molar-refractivity contribution in [1.82, 2.24) is 14.5 Å². The van der Waals surface area contributed by atoms with Gasteiger partial charge in [0.2, 0.25) is 0 Å². The first-order valence-corrected chi connectivity index (χ1v) is 12.1. The van der Waals surface area contributed by atoms with Crippen LogP contribution in [-0.2, 0) is 23.1 Å². The van der Waals surface area contributed by atoms with Crippen LogP contribution in [0.3, 0.4) is 0 Å². The van der Waals surface area contributed by atoms with Crippen molar-refractivity contribution >= 4 is 32.4 Å². The van der Waals surface area contributed by atoms with E-state index in [2.05, 4.69) is 15.3 Å². The van der Waals surface area contributed by atoms with E-state index in [1.807, 2.05) is 0 Å². The van der Waals surface area contributed by atoms with Crippen LogP contribution in [0.2, 0.25) is 0 Å². The van der Waals surface area contributed by atoms with E-state index in [0.717, 1.165) is 6.07 Å². The lowest BCUT2D eigenvalue weighted by Crippen LogP contribution is -2.40. The molecule has 0 amide bonds. The van der Waals surface area contributed by atoms with Crippen LogP contribution in [0.25, 0.3) is 10.9 Å². The molecule has 1 aliphatic heterocycles. The molecule has 0 saturated carbocycles. The number of alkyl halides is 3. The van der Waals surface area contributed by atoms with E-state index in [0.29, 0.717) is 22.8 Å². The van der Waals surface area contributed by atoms with Gasteiger partial charge in [0.15, 0.2) is 9.84 Å². The Bertz CT molecular complexity index is 1410. The first-order chi connectivity index (χ1) is 15.9. The van der Waals surface area contributed by atoms with E-state index < -0.39 is 39.1 Å². The highest BCUT2D eigenvalue weighted by Crippen LogP contribution is 2.35. The minimum atomic E-state index is -4.85. The SMILES string of the molecule is C[C@@H](Nc1nc(=O)n(C)c2cnc(N3CCS(=O)(=O)CC3)cc12)c1cccc(C(F)(F)F)c1F. The molecule has 0 aliphatic carbocycles. The van der Waals surface area contributed by atoms with Gasteiger partial charge in [-0.1, -0.05) is 12.1 Å². The summed E-state index contributed by atoms with van der Waals surface area (Å²) in [6, 6.07) is 3.67. The van der Waals surface area contributed by atoms with Gasteiger partial charge in [0.25, 0.3) is 0 Å². The molecule has 3 heterocycles. The zero-order valence-electron chi connectivity index (χ0n) is 18.2. The average Bonchev–Trinajstić information content (AvgIpc) is 2.76. The molecule has 1 atom stereocenters. The van der Waals surface area contributed by atoms with Crippen molar-refractivity contribution in [3.8, 4) is 0 Å². The molecule has 0 unspecified atom stereocenters. The second kappa shape index (κ2) is 8.53. The number of fused-ring (bicyclic) bond motifs is 1. The first kappa shape index (κ1) is 23.9. The summed E-state index contributed by atoms with van der Waals surface area (Å²) in [4.78, 5) is 22.5. The average molecular weight is 499 g/mol. The number of rotatable bonds is 4. The van der Waals surface area contributed by atoms with Crippen molar-refractivity contribution in [2.45, 2.75) is 19.1 Å². The molecule has 1 saturated heterocycles. The summed E-state index contributed by atoms with van der Waals surface area (Å²) in [5.41, 5.74) is -1.86. The quantitative estimate of drug-likeness (QED) is 0.552. The van der Waals surface area contributed by atoms with Gasteiger partial charge in [0.1, 0.15) is 17.5 Å². The highest BCUT2D eigenvalue weighted by Gasteiger charge is 2.35. The van der Waals surface area contributed by atoms with E-state index in [1.165, 1.54) is 30.8 Å². The number of benzene rings is 1. The van der Waals surface area contributed by atoms with Crippen molar-refractivity contribution < 1.29 is 26.0 Å². The fourth-order valence-electron chi connectivity index (χ4n) is 3.84. The highest BCUT2D eigenvalue weighted by atomic mass is 32.2. The minimum absolute atomic E-state index is 0.0186. The number of hydrogen-bond donors (Lipinski definition) is 1. The molecule has 182 valence electrons. The van der Waals surface area contributed by atoms with Crippen LogP contribution in [-0.4, -0.2) is 47.5 Å². The molecule has 1 aliphatic rings. The second-order valence-electron chi connectivity index (χ2n) is 8.07. The van der Waals surface area contributed by atoms with E-state index in [4.69, 9.17) is 0 Å². The Labute approximate surface area is 192 Å². The molecule has 1 aromatic carbocycles. The van der Waals surface area contributed by atoms with Gasteiger partial charge in [-0.2, -0.15) is 18.2 Å². The number of anilines is 2. The smallest absolute Gasteiger partial charge is 0.363 e. The van der Waals surface area contributed by atoms with Gasteiger partial charge in [0, 0.05) is 31.1 Å². The van der Waals surface area contributed by atoms with E-state index in [1.54, 1.807) is 11.0 Å². The number of aromatic nitrogens is 3. The van der Waals surface area contributed by atoms with Gasteiger partial charge in [-0.15, -0.1) is 0 Å².